The maximum absolute atomic E-state index is 16.0. The molecule has 1 heterocycles. The number of anilines is 3. The molecule has 486 valence electrons. The van der Waals surface area contributed by atoms with E-state index in [9.17, 15) is 99.6 Å². The van der Waals surface area contributed by atoms with E-state index in [0.717, 1.165) is 19.6 Å². The van der Waals surface area contributed by atoms with Crippen LogP contribution in [0.2, 0.25) is 0 Å². The molecule has 0 aliphatic carbocycles. The Labute approximate surface area is 623 Å². The monoisotopic (exact) mass is 2250 g/mol. The van der Waals surface area contributed by atoms with Crippen LogP contribution in [0.15, 0.2) is 0 Å². The van der Waals surface area contributed by atoms with Gasteiger partial charge in [-0.2, -0.15) is 0 Å². The third kappa shape index (κ3) is 18.3. The molecule has 4 unspecified atom stereocenters. The number of hydrogen-bond donors (Lipinski definition) is 17. The summed E-state index contributed by atoms with van der Waals surface area (Å²) in [7, 11) is 3.83. The van der Waals surface area contributed by atoms with Gasteiger partial charge in [-0.25, -0.2) is 0 Å². The second-order valence-corrected chi connectivity index (χ2v) is 28.8. The normalized spacial score (nSPS) is 17.5. The van der Waals surface area contributed by atoms with Gasteiger partial charge in [0.25, 0.3) is 35.4 Å². The number of benzene rings is 3. The Morgan fingerprint density at radius 1 is 0.409 bits per heavy atom. The summed E-state index contributed by atoms with van der Waals surface area (Å²) in [6.07, 6.45) is -10.9. The first-order valence-corrected chi connectivity index (χ1v) is 34.8. The lowest BCUT2D eigenvalue weighted by Gasteiger charge is -2.49. The van der Waals surface area contributed by atoms with Crippen molar-refractivity contribution in [3.63, 3.8) is 0 Å². The Kier molecular flexibility index (Phi) is 32.2. The molecule has 3 aromatic carbocycles. The Hall–Kier alpha value is -1.02. The minimum absolute atomic E-state index is 0.00311. The van der Waals surface area contributed by atoms with Crippen LogP contribution in [0.25, 0.3) is 0 Å². The molecule has 0 aromatic heterocycles. The van der Waals surface area contributed by atoms with Gasteiger partial charge in [0.2, 0.25) is 17.7 Å². The fourth-order valence-corrected chi connectivity index (χ4v) is 21.8. The molecule has 17 N–H and O–H groups in total. The van der Waals surface area contributed by atoms with Crippen LogP contribution in [0.1, 0.15) is 62.1 Å². The van der Waals surface area contributed by atoms with Gasteiger partial charge in [-0.3, -0.25) is 43.2 Å². The zero-order valence-corrected chi connectivity index (χ0v) is 65.0. The second-order valence-electron chi connectivity index (χ2n) is 19.1. The molecule has 1 aliphatic rings. The molecule has 1 saturated heterocycles. The molecule has 9 amide bonds. The van der Waals surface area contributed by atoms with E-state index in [0.29, 0.717) is 0 Å². The summed E-state index contributed by atoms with van der Waals surface area (Å²) < 4.78 is -0.295. The lowest BCUT2D eigenvalue weighted by Crippen LogP contribution is -2.71. The van der Waals surface area contributed by atoms with Crippen molar-refractivity contribution < 1.29 is 104 Å². The first-order chi connectivity index (χ1) is 41.1. The summed E-state index contributed by atoms with van der Waals surface area (Å²) in [4.78, 5) is 131. The van der Waals surface area contributed by atoms with Gasteiger partial charge in [0.15, 0.2) is 0 Å². The van der Waals surface area contributed by atoms with Crippen LogP contribution >= 0.6 is 203 Å². The van der Waals surface area contributed by atoms with Crippen molar-refractivity contribution in [3.05, 3.63) is 65.5 Å². The van der Waals surface area contributed by atoms with E-state index in [2.05, 4.69) is 26.6 Å². The van der Waals surface area contributed by atoms with Crippen LogP contribution in [0, 0.1) is 32.1 Å². The summed E-state index contributed by atoms with van der Waals surface area (Å²) in [5.41, 5.74) is -2.25. The van der Waals surface area contributed by atoms with Crippen LogP contribution in [0.4, 0.5) is 17.1 Å². The number of piperidine rings is 1. The van der Waals surface area contributed by atoms with Crippen molar-refractivity contribution in [2.24, 2.45) is 0 Å². The maximum atomic E-state index is 16.0. The van der Waals surface area contributed by atoms with Gasteiger partial charge in [0.05, 0.1) is 122 Å². The molecule has 1 aliphatic heterocycles. The minimum atomic E-state index is -2.23. The van der Waals surface area contributed by atoms with Gasteiger partial charge in [0.1, 0.15) is 38.1 Å². The number of likely N-dealkylation sites (tertiary alicyclic amines) is 1. The molecule has 1 fully saturated rings. The number of aliphatic hydroxyl groups is 12. The summed E-state index contributed by atoms with van der Waals surface area (Å²) in [5, 5.41) is 137. The lowest BCUT2D eigenvalue weighted by molar-refractivity contribution is -0.149. The summed E-state index contributed by atoms with van der Waals surface area (Å²) in [6.45, 7) is -8.43. The number of amides is 9. The molecule has 4 rings (SSSR count). The maximum Gasteiger partial charge on any atom is 0.256 e. The third-order valence-electron chi connectivity index (χ3n) is 13.0. The summed E-state index contributed by atoms with van der Waals surface area (Å²) >= 11 is 15.2. The number of rotatable bonds is 25. The Morgan fingerprint density at radius 2 is 0.659 bits per heavy atom. The topological polar surface area (TPSA) is 470 Å². The van der Waals surface area contributed by atoms with E-state index in [1.54, 1.807) is 203 Å². The van der Waals surface area contributed by atoms with Gasteiger partial charge in [-0.05, 0) is 203 Å². The smallest absolute Gasteiger partial charge is 0.256 e. The van der Waals surface area contributed by atoms with E-state index in [-0.39, 0.29) is 77.0 Å². The number of likely N-dealkylation sites (N-methyl/N-ethyl adjacent to an activating group) is 3. The van der Waals surface area contributed by atoms with Gasteiger partial charge in [0, 0.05) is 64.6 Å². The summed E-state index contributed by atoms with van der Waals surface area (Å²) in [5.74, 6) is -8.82. The van der Waals surface area contributed by atoms with Crippen molar-refractivity contribution in [2.75, 3.05) is 109 Å². The lowest BCUT2D eigenvalue weighted by atomic mass is 9.86. The number of aliphatic hydroxyl groups excluding tert-OH is 12. The SMILES string of the molecule is CN(CC(O)CO)C(=O)c1c(I)c(NC(=O)CO)c(I)c(C(=O)NC[C@@H]2[C@H](O)C(O)[C@H](O)[C@@H](CNC(=O)c3c(I)c(NC(=O)CO)c(I)c(C(=O)N(C)CC(O)CO)c3I)N2C(=O)c2c(I)c(NC(=O)CO)c(I)c(C(=O)N(C)CC(O)CO)c2I)c1I. The summed E-state index contributed by atoms with van der Waals surface area (Å²) in [6, 6.07) is -3.79. The number of nitrogens with one attached hydrogen (secondary N) is 5. The van der Waals surface area contributed by atoms with Crippen molar-refractivity contribution >= 4 is 274 Å². The third-order valence-corrected chi connectivity index (χ3v) is 22.7. The molecular weight excluding hydrogens is 2190 g/mol. The zero-order chi connectivity index (χ0) is 66.8. The largest absolute Gasteiger partial charge is 0.394 e. The highest BCUT2D eigenvalue weighted by Crippen LogP contribution is 2.41. The van der Waals surface area contributed by atoms with Crippen molar-refractivity contribution in [3.8, 4) is 0 Å². The number of carbonyl (C=O) groups excluding carboxylic acids is 9. The quantitative estimate of drug-likeness (QED) is 0.0422. The highest BCUT2D eigenvalue weighted by molar-refractivity contribution is 14.1. The average Bonchev–Trinajstić information content (AvgIpc) is 1.30. The Bertz CT molecular complexity index is 3080. The fourth-order valence-electron chi connectivity index (χ4n) is 8.62. The van der Waals surface area contributed by atoms with E-state index >= 15 is 4.79 Å². The molecule has 0 radical (unpaired) electrons. The predicted molar refractivity (Wildman–Crippen MR) is 388 cm³/mol. The molecule has 3 aromatic rings. The standard InChI is InChI=1S/C49H56I9N9O21/c1-64(6-15(74)9-68)46(85)25-29(50)23(32(53)38(34(25)55)61-20(77)12-71)44(83)59-4-18-41(80)43(82)42(81)19(5-60-45(84)24-30(51)26(47(86)65(2)7-16(75)10-69)35(56)39(33(24)54)62-21(78)13-72)67(18)49(88)28-31(52)27(48(87)66(3)8-17(76)11-70)36(57)40(37(28)58)63-22(79)14-73/h15-19,41-43,68-76,80-82H,4-14H2,1-3H3,(H,59,83)(H,60,84)(H,61,77)(H,62,78)(H,63,79)/t15?,16?,17?,18-,19-,41-,42+,43?/m1/s1. The molecule has 30 nitrogen and oxygen atoms in total. The van der Waals surface area contributed by atoms with Crippen LogP contribution < -0.4 is 26.6 Å². The van der Waals surface area contributed by atoms with Crippen LogP contribution in [0.5, 0.6) is 0 Å². The average molecular weight is 2250 g/mol. The van der Waals surface area contributed by atoms with E-state index < -0.39 is 180 Å². The number of halogens is 9. The van der Waals surface area contributed by atoms with Crippen molar-refractivity contribution in [1.29, 1.82) is 0 Å². The fraction of sp³-hybridized carbons (Fsp3) is 0.449. The van der Waals surface area contributed by atoms with Crippen LogP contribution in [0.3, 0.4) is 0 Å². The molecule has 0 saturated carbocycles. The van der Waals surface area contributed by atoms with E-state index in [1.807, 2.05) is 0 Å². The van der Waals surface area contributed by atoms with Crippen LogP contribution in [-0.4, -0.2) is 276 Å². The van der Waals surface area contributed by atoms with Crippen molar-refractivity contribution in [1.82, 2.24) is 30.2 Å². The zero-order valence-electron chi connectivity index (χ0n) is 45.6. The minimum Gasteiger partial charge on any atom is -0.394 e. The van der Waals surface area contributed by atoms with Gasteiger partial charge < -0.3 is 107 Å². The van der Waals surface area contributed by atoms with Gasteiger partial charge in [-0.15, -0.1) is 0 Å². The first kappa shape index (κ1) is 79.4. The number of carbonyl (C=O) groups is 9. The molecular formula is C49H56I9N9O21. The molecule has 88 heavy (non-hydrogen) atoms. The van der Waals surface area contributed by atoms with E-state index in [4.69, 9.17) is 0 Å². The van der Waals surface area contributed by atoms with E-state index in [1.165, 1.54) is 21.1 Å². The number of hydrogen-bond acceptors (Lipinski definition) is 21. The molecule has 0 spiro atoms. The highest BCUT2D eigenvalue weighted by atomic mass is 127. The van der Waals surface area contributed by atoms with Gasteiger partial charge in [-0.1, -0.05) is 0 Å². The Morgan fingerprint density at radius 3 is 0.920 bits per heavy atom. The highest BCUT2D eigenvalue weighted by Gasteiger charge is 2.51. The predicted octanol–water partition coefficient (Wildman–Crippen LogP) is -1.67. The second kappa shape index (κ2) is 35.6. The Balaban J connectivity index is 2.08. The number of nitrogens with zero attached hydrogens (tertiary/aromatic N) is 4. The van der Waals surface area contributed by atoms with Crippen LogP contribution in [-0.2, 0) is 14.4 Å². The van der Waals surface area contributed by atoms with Gasteiger partial charge >= 0.3 is 0 Å². The molecule has 39 heteroatoms. The molecule has 8 atom stereocenters. The molecule has 0 bridgehead atoms. The first-order valence-electron chi connectivity index (χ1n) is 25.1. The van der Waals surface area contributed by atoms with Crippen molar-refractivity contribution in [2.45, 2.75) is 48.7 Å².